The molecule has 1 aliphatic rings. The average Bonchev–Trinajstić information content (AvgIpc) is 2.53. The van der Waals surface area contributed by atoms with Gasteiger partial charge in [0.1, 0.15) is 12.1 Å². The Hall–Kier alpha value is -2.08. The molecule has 0 saturated carbocycles. The first-order chi connectivity index (χ1) is 10.5. The first-order valence-corrected chi connectivity index (χ1v) is 7.39. The number of aliphatic carboxylic acids is 1. The number of ether oxygens (including phenoxy) is 1. The maximum Gasteiger partial charge on any atom is 0.411 e. The Morgan fingerprint density at radius 2 is 2.05 bits per heavy atom. The second-order valence-corrected chi connectivity index (χ2v) is 5.53. The number of carboxylic acid groups (broad SMARTS) is 1. The van der Waals surface area contributed by atoms with E-state index in [4.69, 9.17) is 4.74 Å². The van der Waals surface area contributed by atoms with Gasteiger partial charge in [-0.2, -0.15) is 0 Å². The van der Waals surface area contributed by atoms with Crippen molar-refractivity contribution >= 4 is 12.1 Å². The molecule has 1 fully saturated rings. The summed E-state index contributed by atoms with van der Waals surface area (Å²) < 4.78 is 5.24. The first-order valence-electron chi connectivity index (χ1n) is 7.39. The summed E-state index contributed by atoms with van der Waals surface area (Å²) in [5.74, 6) is -1.06. The lowest BCUT2D eigenvalue weighted by atomic mass is 9.83. The van der Waals surface area contributed by atoms with Gasteiger partial charge in [0.25, 0.3) is 0 Å². The minimum absolute atomic E-state index is 0.0201. The smallest absolute Gasteiger partial charge is 0.411 e. The molecule has 1 amide bonds. The lowest BCUT2D eigenvalue weighted by molar-refractivity contribution is -0.155. The lowest BCUT2D eigenvalue weighted by Crippen LogP contribution is -2.62. The Bertz CT molecular complexity index is 533. The number of aliphatic hydroxyl groups excluding tert-OH is 1. The van der Waals surface area contributed by atoms with Crippen molar-refractivity contribution < 1.29 is 24.5 Å². The van der Waals surface area contributed by atoms with Gasteiger partial charge in [0.05, 0.1) is 12.6 Å². The van der Waals surface area contributed by atoms with Crippen LogP contribution in [0.15, 0.2) is 30.3 Å². The molecule has 0 aliphatic carbocycles. The molecular formula is C16H21NO5. The SMILES string of the molecule is CCC1(C(=O)O)CCC(O)CN1C(=O)OCc1ccccc1. The van der Waals surface area contributed by atoms with E-state index in [0.717, 1.165) is 10.5 Å². The Morgan fingerprint density at radius 3 is 2.64 bits per heavy atom. The van der Waals surface area contributed by atoms with Gasteiger partial charge in [-0.15, -0.1) is 0 Å². The normalized spacial score (nSPS) is 24.8. The fraction of sp³-hybridized carbons (Fsp3) is 0.500. The molecule has 120 valence electrons. The summed E-state index contributed by atoms with van der Waals surface area (Å²) >= 11 is 0. The van der Waals surface area contributed by atoms with Crippen molar-refractivity contribution in [3.63, 3.8) is 0 Å². The van der Waals surface area contributed by atoms with Crippen LogP contribution in [0.4, 0.5) is 4.79 Å². The van der Waals surface area contributed by atoms with Gasteiger partial charge in [-0.1, -0.05) is 37.3 Å². The molecule has 2 rings (SSSR count). The van der Waals surface area contributed by atoms with Crippen molar-refractivity contribution in [2.24, 2.45) is 0 Å². The Kier molecular flexibility index (Phi) is 5.03. The van der Waals surface area contributed by atoms with Crippen LogP contribution < -0.4 is 0 Å². The van der Waals surface area contributed by atoms with Crippen molar-refractivity contribution in [1.29, 1.82) is 0 Å². The van der Waals surface area contributed by atoms with Crippen LogP contribution in [-0.2, 0) is 16.1 Å². The van der Waals surface area contributed by atoms with E-state index >= 15 is 0 Å². The quantitative estimate of drug-likeness (QED) is 0.888. The maximum atomic E-state index is 12.3. The van der Waals surface area contributed by atoms with Gasteiger partial charge in [0.2, 0.25) is 0 Å². The van der Waals surface area contributed by atoms with E-state index in [1.54, 1.807) is 6.92 Å². The molecule has 6 nitrogen and oxygen atoms in total. The van der Waals surface area contributed by atoms with Crippen LogP contribution in [0.1, 0.15) is 31.7 Å². The summed E-state index contributed by atoms with van der Waals surface area (Å²) in [6.45, 7) is 1.78. The summed E-state index contributed by atoms with van der Waals surface area (Å²) in [5, 5.41) is 19.3. The van der Waals surface area contributed by atoms with Crippen LogP contribution in [0.25, 0.3) is 0 Å². The number of β-amino-alcohol motifs (C(OH)–C–C–N with tert-alkyl or cyclic N) is 1. The van der Waals surface area contributed by atoms with E-state index in [-0.39, 0.29) is 26.0 Å². The Balaban J connectivity index is 2.11. The van der Waals surface area contributed by atoms with Crippen LogP contribution in [0, 0.1) is 0 Å². The highest BCUT2D eigenvalue weighted by Gasteiger charge is 2.49. The fourth-order valence-corrected chi connectivity index (χ4v) is 2.80. The zero-order chi connectivity index (χ0) is 16.2. The van der Waals surface area contributed by atoms with Crippen LogP contribution in [0.2, 0.25) is 0 Å². The fourth-order valence-electron chi connectivity index (χ4n) is 2.80. The number of piperidine rings is 1. The number of aliphatic hydroxyl groups is 1. The van der Waals surface area contributed by atoms with E-state index in [1.807, 2.05) is 30.3 Å². The molecule has 0 spiro atoms. The van der Waals surface area contributed by atoms with Crippen LogP contribution >= 0.6 is 0 Å². The van der Waals surface area contributed by atoms with Crippen LogP contribution in [-0.4, -0.2) is 45.4 Å². The predicted molar refractivity (Wildman–Crippen MR) is 79.2 cm³/mol. The summed E-state index contributed by atoms with van der Waals surface area (Å²) in [6.07, 6.45) is -0.561. The molecule has 1 aromatic rings. The van der Waals surface area contributed by atoms with Gasteiger partial charge >= 0.3 is 12.1 Å². The number of benzene rings is 1. The Labute approximate surface area is 129 Å². The molecular weight excluding hydrogens is 286 g/mol. The minimum Gasteiger partial charge on any atom is -0.479 e. The van der Waals surface area contributed by atoms with Crippen LogP contribution in [0.3, 0.4) is 0 Å². The predicted octanol–water partition coefficient (Wildman–Crippen LogP) is 2.01. The van der Waals surface area contributed by atoms with E-state index in [9.17, 15) is 19.8 Å². The molecule has 0 bridgehead atoms. The summed E-state index contributed by atoms with van der Waals surface area (Å²) in [6, 6.07) is 9.17. The third-order valence-corrected chi connectivity index (χ3v) is 4.21. The molecule has 2 atom stereocenters. The van der Waals surface area contributed by atoms with E-state index < -0.39 is 23.7 Å². The molecule has 0 aromatic heterocycles. The molecule has 1 aliphatic heterocycles. The summed E-state index contributed by atoms with van der Waals surface area (Å²) in [4.78, 5) is 25.2. The maximum absolute atomic E-state index is 12.3. The number of amides is 1. The second kappa shape index (κ2) is 6.79. The number of rotatable bonds is 4. The summed E-state index contributed by atoms with van der Waals surface area (Å²) in [7, 11) is 0. The van der Waals surface area contributed by atoms with E-state index in [0.29, 0.717) is 6.42 Å². The molecule has 2 unspecified atom stereocenters. The van der Waals surface area contributed by atoms with Gasteiger partial charge in [-0.25, -0.2) is 9.59 Å². The van der Waals surface area contributed by atoms with Crippen LogP contribution in [0.5, 0.6) is 0 Å². The van der Waals surface area contributed by atoms with E-state index in [2.05, 4.69) is 0 Å². The topological polar surface area (TPSA) is 87.1 Å². The monoisotopic (exact) mass is 307 g/mol. The van der Waals surface area contributed by atoms with Crippen molar-refractivity contribution in [2.75, 3.05) is 6.54 Å². The highest BCUT2D eigenvalue weighted by Crippen LogP contribution is 2.32. The van der Waals surface area contributed by atoms with Gasteiger partial charge in [-0.3, -0.25) is 4.90 Å². The first kappa shape index (κ1) is 16.3. The molecule has 0 radical (unpaired) electrons. The van der Waals surface area contributed by atoms with Crippen molar-refractivity contribution in [3.05, 3.63) is 35.9 Å². The average molecular weight is 307 g/mol. The zero-order valence-corrected chi connectivity index (χ0v) is 12.6. The van der Waals surface area contributed by atoms with Crippen molar-refractivity contribution in [2.45, 2.75) is 44.4 Å². The molecule has 2 N–H and O–H groups in total. The minimum atomic E-state index is -1.30. The highest BCUT2D eigenvalue weighted by molar-refractivity contribution is 5.84. The van der Waals surface area contributed by atoms with Gasteiger partial charge in [0, 0.05) is 0 Å². The third-order valence-electron chi connectivity index (χ3n) is 4.21. The second-order valence-electron chi connectivity index (χ2n) is 5.53. The molecule has 1 aromatic carbocycles. The number of carbonyl (C=O) groups excluding carboxylic acids is 1. The van der Waals surface area contributed by atoms with Crippen molar-refractivity contribution in [1.82, 2.24) is 4.90 Å². The third kappa shape index (κ3) is 3.22. The van der Waals surface area contributed by atoms with Gasteiger partial charge in [0.15, 0.2) is 0 Å². The molecule has 1 heterocycles. The molecule has 22 heavy (non-hydrogen) atoms. The highest BCUT2D eigenvalue weighted by atomic mass is 16.6. The molecule has 6 heteroatoms. The largest absolute Gasteiger partial charge is 0.479 e. The number of hydrogen-bond acceptors (Lipinski definition) is 4. The van der Waals surface area contributed by atoms with E-state index in [1.165, 1.54) is 0 Å². The number of likely N-dealkylation sites (tertiary alicyclic amines) is 1. The number of nitrogens with zero attached hydrogens (tertiary/aromatic N) is 1. The van der Waals surface area contributed by atoms with Gasteiger partial charge < -0.3 is 14.9 Å². The standard InChI is InChI=1S/C16H21NO5/c1-2-16(14(19)20)9-8-13(18)10-17(16)15(21)22-11-12-6-4-3-5-7-12/h3-7,13,18H,2,8-11H2,1H3,(H,19,20). The number of carboxylic acids is 1. The lowest BCUT2D eigenvalue weighted by Gasteiger charge is -2.44. The number of carbonyl (C=O) groups is 2. The van der Waals surface area contributed by atoms with Gasteiger partial charge in [-0.05, 0) is 24.8 Å². The Morgan fingerprint density at radius 1 is 1.36 bits per heavy atom. The zero-order valence-electron chi connectivity index (χ0n) is 12.6. The van der Waals surface area contributed by atoms with Crippen molar-refractivity contribution in [3.8, 4) is 0 Å². The summed E-state index contributed by atoms with van der Waals surface area (Å²) in [5.41, 5.74) is -0.474. The number of hydrogen-bond donors (Lipinski definition) is 2. The molecule has 1 saturated heterocycles.